The van der Waals surface area contributed by atoms with Crippen molar-refractivity contribution in [2.24, 2.45) is 0 Å². The quantitative estimate of drug-likeness (QED) is 0.831. The number of nitrogens with zero attached hydrogens (tertiary/aromatic N) is 1. The molecule has 1 amide bonds. The predicted molar refractivity (Wildman–Crippen MR) is 62.4 cm³/mol. The van der Waals surface area contributed by atoms with Gasteiger partial charge in [0.15, 0.2) is 0 Å². The molecule has 0 radical (unpaired) electrons. The van der Waals surface area contributed by atoms with Crippen LogP contribution in [0.2, 0.25) is 0 Å². The lowest BCUT2D eigenvalue weighted by Gasteiger charge is -2.27. The summed E-state index contributed by atoms with van der Waals surface area (Å²) < 4.78 is 26.3. The zero-order valence-electron chi connectivity index (χ0n) is 9.08. The van der Waals surface area contributed by atoms with Gasteiger partial charge < -0.3 is 10.2 Å². The van der Waals surface area contributed by atoms with E-state index in [0.29, 0.717) is 26.2 Å². The Morgan fingerprint density at radius 2 is 1.88 bits per heavy atom. The van der Waals surface area contributed by atoms with Crippen molar-refractivity contribution in [1.29, 1.82) is 0 Å². The van der Waals surface area contributed by atoms with Crippen LogP contribution in [0.4, 0.5) is 8.78 Å². The molecule has 1 aromatic carbocycles. The predicted octanol–water partition coefficient (Wildman–Crippen LogP) is 1.43. The van der Waals surface area contributed by atoms with E-state index in [4.69, 9.17) is 0 Å². The lowest BCUT2D eigenvalue weighted by Crippen LogP contribution is -2.46. The van der Waals surface area contributed by atoms with E-state index in [9.17, 15) is 13.6 Å². The summed E-state index contributed by atoms with van der Waals surface area (Å²) in [7, 11) is 0. The first kappa shape index (κ1) is 13.9. The van der Waals surface area contributed by atoms with Crippen LogP contribution in [-0.4, -0.2) is 37.0 Å². The van der Waals surface area contributed by atoms with Gasteiger partial charge in [0.2, 0.25) is 0 Å². The molecule has 0 aromatic heterocycles. The van der Waals surface area contributed by atoms with E-state index in [2.05, 4.69) is 5.32 Å². The summed E-state index contributed by atoms with van der Waals surface area (Å²) >= 11 is 0. The van der Waals surface area contributed by atoms with E-state index in [1.807, 2.05) is 0 Å². The topological polar surface area (TPSA) is 32.3 Å². The number of halogens is 3. The van der Waals surface area contributed by atoms with Crippen molar-refractivity contribution in [3.63, 3.8) is 0 Å². The van der Waals surface area contributed by atoms with E-state index in [-0.39, 0.29) is 18.0 Å². The number of piperazine rings is 1. The highest BCUT2D eigenvalue weighted by Gasteiger charge is 2.21. The number of hydrogen-bond acceptors (Lipinski definition) is 2. The van der Waals surface area contributed by atoms with Gasteiger partial charge in [-0.3, -0.25) is 4.79 Å². The second-order valence-electron chi connectivity index (χ2n) is 3.67. The first-order valence-corrected chi connectivity index (χ1v) is 5.13. The van der Waals surface area contributed by atoms with Crippen molar-refractivity contribution < 1.29 is 13.6 Å². The Bertz CT molecular complexity index is 408. The first-order chi connectivity index (χ1) is 7.68. The number of hydrogen-bond donors (Lipinski definition) is 1. The number of rotatable bonds is 1. The lowest BCUT2D eigenvalue weighted by atomic mass is 10.1. The van der Waals surface area contributed by atoms with Crippen LogP contribution in [0.25, 0.3) is 0 Å². The summed E-state index contributed by atoms with van der Waals surface area (Å²) in [6.07, 6.45) is 0. The molecule has 3 nitrogen and oxygen atoms in total. The molecule has 0 aliphatic carbocycles. The van der Waals surface area contributed by atoms with Gasteiger partial charge in [-0.15, -0.1) is 12.4 Å². The minimum Gasteiger partial charge on any atom is -0.336 e. The zero-order valence-corrected chi connectivity index (χ0v) is 9.90. The Morgan fingerprint density at radius 3 is 2.53 bits per heavy atom. The minimum atomic E-state index is -0.676. The van der Waals surface area contributed by atoms with Crippen LogP contribution in [0.15, 0.2) is 18.2 Å². The van der Waals surface area contributed by atoms with Gasteiger partial charge in [0.05, 0.1) is 5.56 Å². The van der Waals surface area contributed by atoms with Crippen molar-refractivity contribution in [2.75, 3.05) is 26.2 Å². The third-order valence-electron chi connectivity index (χ3n) is 2.56. The number of nitrogens with one attached hydrogen (secondary N) is 1. The smallest absolute Gasteiger partial charge is 0.257 e. The van der Waals surface area contributed by atoms with Crippen LogP contribution in [-0.2, 0) is 0 Å². The Balaban J connectivity index is 0.00000144. The molecular formula is C11H13ClF2N2O. The molecule has 0 atom stereocenters. The van der Waals surface area contributed by atoms with Gasteiger partial charge in [0, 0.05) is 26.2 Å². The van der Waals surface area contributed by atoms with E-state index < -0.39 is 17.5 Å². The second-order valence-corrected chi connectivity index (χ2v) is 3.67. The molecular weight excluding hydrogens is 250 g/mol. The van der Waals surface area contributed by atoms with Gasteiger partial charge in [0.25, 0.3) is 5.91 Å². The zero-order chi connectivity index (χ0) is 11.5. The molecule has 1 heterocycles. The Labute approximate surface area is 104 Å². The third kappa shape index (κ3) is 3.14. The van der Waals surface area contributed by atoms with Crippen LogP contribution < -0.4 is 5.32 Å². The minimum absolute atomic E-state index is 0. The highest BCUT2D eigenvalue weighted by atomic mass is 35.5. The Morgan fingerprint density at radius 1 is 1.24 bits per heavy atom. The van der Waals surface area contributed by atoms with E-state index >= 15 is 0 Å². The molecule has 1 aliphatic rings. The van der Waals surface area contributed by atoms with Crippen LogP contribution in [0.1, 0.15) is 10.4 Å². The van der Waals surface area contributed by atoms with Gasteiger partial charge in [-0.05, 0) is 18.2 Å². The fourth-order valence-electron chi connectivity index (χ4n) is 1.70. The molecule has 1 N–H and O–H groups in total. The lowest BCUT2D eigenvalue weighted by molar-refractivity contribution is 0.0730. The standard InChI is InChI=1S/C11H12F2N2O.ClH/c12-8-1-2-10(13)9(7-8)11(16)15-5-3-14-4-6-15;/h1-2,7,14H,3-6H2;1H. The van der Waals surface area contributed by atoms with Gasteiger partial charge >= 0.3 is 0 Å². The van der Waals surface area contributed by atoms with Crippen molar-refractivity contribution in [3.8, 4) is 0 Å². The van der Waals surface area contributed by atoms with Crippen LogP contribution in [0, 0.1) is 11.6 Å². The molecule has 17 heavy (non-hydrogen) atoms. The van der Waals surface area contributed by atoms with Crippen molar-refractivity contribution in [1.82, 2.24) is 10.2 Å². The van der Waals surface area contributed by atoms with Crippen molar-refractivity contribution >= 4 is 18.3 Å². The number of carbonyl (C=O) groups excluding carboxylic acids is 1. The SMILES string of the molecule is Cl.O=C(c1cc(F)ccc1F)N1CCNCC1. The molecule has 2 rings (SSSR count). The van der Waals surface area contributed by atoms with Crippen LogP contribution >= 0.6 is 12.4 Å². The summed E-state index contributed by atoms with van der Waals surface area (Å²) in [6, 6.07) is 2.92. The molecule has 1 aliphatic heterocycles. The number of amides is 1. The normalized spacial score (nSPS) is 15.3. The summed E-state index contributed by atoms with van der Waals surface area (Å²) in [5.74, 6) is -1.72. The van der Waals surface area contributed by atoms with E-state index in [1.165, 1.54) is 4.90 Å². The maximum absolute atomic E-state index is 13.3. The third-order valence-corrected chi connectivity index (χ3v) is 2.56. The fourth-order valence-corrected chi connectivity index (χ4v) is 1.70. The van der Waals surface area contributed by atoms with Crippen molar-refractivity contribution in [2.45, 2.75) is 0 Å². The average molecular weight is 263 g/mol. The molecule has 1 saturated heterocycles. The largest absolute Gasteiger partial charge is 0.336 e. The maximum Gasteiger partial charge on any atom is 0.257 e. The van der Waals surface area contributed by atoms with E-state index in [0.717, 1.165) is 18.2 Å². The molecule has 0 bridgehead atoms. The van der Waals surface area contributed by atoms with E-state index in [1.54, 1.807) is 0 Å². The van der Waals surface area contributed by atoms with Crippen LogP contribution in [0.5, 0.6) is 0 Å². The maximum atomic E-state index is 13.3. The Hall–Kier alpha value is -1.20. The molecule has 0 saturated carbocycles. The summed E-state index contributed by atoms with van der Waals surface area (Å²) in [5, 5.41) is 3.09. The second kappa shape index (κ2) is 5.93. The summed E-state index contributed by atoms with van der Waals surface area (Å²) in [5.41, 5.74) is -0.193. The van der Waals surface area contributed by atoms with Crippen molar-refractivity contribution in [3.05, 3.63) is 35.4 Å². The average Bonchev–Trinajstić information content (AvgIpc) is 2.32. The highest BCUT2D eigenvalue weighted by molar-refractivity contribution is 5.94. The van der Waals surface area contributed by atoms with Gasteiger partial charge in [0.1, 0.15) is 11.6 Å². The fraction of sp³-hybridized carbons (Fsp3) is 0.364. The summed E-state index contributed by atoms with van der Waals surface area (Å²) in [4.78, 5) is 13.4. The Kier molecular flexibility index (Phi) is 4.84. The highest BCUT2D eigenvalue weighted by Crippen LogP contribution is 2.12. The molecule has 1 aromatic rings. The number of carbonyl (C=O) groups is 1. The summed E-state index contributed by atoms with van der Waals surface area (Å²) in [6.45, 7) is 2.41. The van der Waals surface area contributed by atoms with Gasteiger partial charge in [-0.1, -0.05) is 0 Å². The molecule has 1 fully saturated rings. The monoisotopic (exact) mass is 262 g/mol. The molecule has 0 unspecified atom stereocenters. The van der Waals surface area contributed by atoms with Gasteiger partial charge in [-0.2, -0.15) is 0 Å². The number of benzene rings is 1. The van der Waals surface area contributed by atoms with Gasteiger partial charge in [-0.25, -0.2) is 8.78 Å². The molecule has 0 spiro atoms. The molecule has 6 heteroatoms. The first-order valence-electron chi connectivity index (χ1n) is 5.13. The molecule has 94 valence electrons. The van der Waals surface area contributed by atoms with Crippen LogP contribution in [0.3, 0.4) is 0 Å².